The lowest BCUT2D eigenvalue weighted by Gasteiger charge is -2.33. The number of nitrogens with zero attached hydrogens (tertiary/aromatic N) is 2. The van der Waals surface area contributed by atoms with E-state index in [1.807, 2.05) is 0 Å². The fourth-order valence-corrected chi connectivity index (χ4v) is 7.84. The van der Waals surface area contributed by atoms with Crippen molar-refractivity contribution < 1.29 is 16.8 Å². The molecule has 0 bridgehead atoms. The highest BCUT2D eigenvalue weighted by atomic mass is 32.3. The number of hydrogen-bond donors (Lipinski definition) is 0. The molecule has 0 spiro atoms. The quantitative estimate of drug-likeness (QED) is 0.674. The first-order valence-corrected chi connectivity index (χ1v) is 10.5. The molecule has 0 fully saturated rings. The maximum atomic E-state index is 12.5. The molecule has 0 heterocycles. The molecule has 0 N–H and O–H groups in total. The molecular formula is C13H30N2O4S2. The number of hydrogen-bond acceptors (Lipinski definition) is 4. The van der Waals surface area contributed by atoms with Gasteiger partial charge in [0.25, 0.3) is 0 Å². The molecule has 0 saturated heterocycles. The third-order valence-corrected chi connectivity index (χ3v) is 8.33. The van der Waals surface area contributed by atoms with Crippen LogP contribution in [0.1, 0.15) is 55.4 Å². The third kappa shape index (κ3) is 5.50. The van der Waals surface area contributed by atoms with Crippen LogP contribution >= 0.6 is 0 Å². The van der Waals surface area contributed by atoms with Crippen molar-refractivity contribution in [3.63, 3.8) is 0 Å². The number of rotatable bonds is 8. The average Bonchev–Trinajstić information content (AvgIpc) is 2.08. The zero-order chi connectivity index (χ0) is 17.2. The van der Waals surface area contributed by atoms with Crippen LogP contribution in [0.15, 0.2) is 0 Å². The van der Waals surface area contributed by atoms with Crippen LogP contribution in [-0.2, 0) is 20.0 Å². The van der Waals surface area contributed by atoms with Crippen molar-refractivity contribution in [1.82, 2.24) is 8.61 Å². The molecule has 0 rings (SSSR count). The second-order valence-electron chi connectivity index (χ2n) is 6.38. The topological polar surface area (TPSA) is 74.8 Å². The Morgan fingerprint density at radius 2 is 0.762 bits per heavy atom. The number of sulfonamides is 2. The summed E-state index contributed by atoms with van der Waals surface area (Å²) in [5, 5.41) is -0.882. The molecule has 0 aliphatic heterocycles. The van der Waals surface area contributed by atoms with E-state index in [1.54, 1.807) is 55.4 Å². The fourth-order valence-electron chi connectivity index (χ4n) is 2.79. The lowest BCUT2D eigenvalue weighted by atomic mass is 10.3. The fraction of sp³-hybridized carbons (Fsp3) is 1.00. The van der Waals surface area contributed by atoms with E-state index >= 15 is 0 Å². The van der Waals surface area contributed by atoms with Gasteiger partial charge < -0.3 is 0 Å². The van der Waals surface area contributed by atoms with E-state index in [-0.39, 0.29) is 24.2 Å². The van der Waals surface area contributed by atoms with Crippen LogP contribution in [0.4, 0.5) is 0 Å². The molecule has 0 aromatic heterocycles. The monoisotopic (exact) mass is 342 g/mol. The first-order chi connectivity index (χ1) is 9.24. The molecule has 0 saturated carbocycles. The minimum Gasteiger partial charge on any atom is -0.211 e. The van der Waals surface area contributed by atoms with Gasteiger partial charge in [0.2, 0.25) is 20.0 Å². The zero-order valence-corrected chi connectivity index (χ0v) is 16.0. The normalized spacial score (nSPS) is 14.4. The van der Waals surface area contributed by atoms with Gasteiger partial charge in [-0.1, -0.05) is 0 Å². The Morgan fingerprint density at radius 1 is 0.571 bits per heavy atom. The molecule has 0 aliphatic rings. The lowest BCUT2D eigenvalue weighted by Crippen LogP contribution is -2.49. The summed E-state index contributed by atoms with van der Waals surface area (Å²) >= 11 is 0. The van der Waals surface area contributed by atoms with Crippen LogP contribution in [0.5, 0.6) is 0 Å². The van der Waals surface area contributed by atoms with E-state index in [0.29, 0.717) is 0 Å². The summed E-state index contributed by atoms with van der Waals surface area (Å²) in [5.41, 5.74) is 0. The molecule has 0 aromatic rings. The molecule has 0 amide bonds. The molecule has 0 unspecified atom stereocenters. The maximum absolute atomic E-state index is 12.5. The molecule has 6 nitrogen and oxygen atoms in total. The molecule has 0 atom stereocenters. The van der Waals surface area contributed by atoms with Gasteiger partial charge >= 0.3 is 0 Å². The van der Waals surface area contributed by atoms with Crippen LogP contribution in [0, 0.1) is 0 Å². The molecule has 21 heavy (non-hydrogen) atoms. The van der Waals surface area contributed by atoms with Gasteiger partial charge in [-0.3, -0.25) is 0 Å². The van der Waals surface area contributed by atoms with Gasteiger partial charge in [-0.2, -0.15) is 8.61 Å². The third-order valence-electron chi connectivity index (χ3n) is 2.98. The van der Waals surface area contributed by atoms with Gasteiger partial charge in [0, 0.05) is 24.2 Å². The summed E-state index contributed by atoms with van der Waals surface area (Å²) in [6.07, 6.45) is 0. The summed E-state index contributed by atoms with van der Waals surface area (Å²) in [4.78, 5) is 0. The van der Waals surface area contributed by atoms with Crippen molar-refractivity contribution in [2.75, 3.05) is 5.08 Å². The highest BCUT2D eigenvalue weighted by Gasteiger charge is 2.37. The largest absolute Gasteiger partial charge is 0.230 e. The van der Waals surface area contributed by atoms with Gasteiger partial charge in [-0.15, -0.1) is 0 Å². The molecule has 128 valence electrons. The Morgan fingerprint density at radius 3 is 0.905 bits per heavy atom. The Bertz CT molecular complexity index is 458. The van der Waals surface area contributed by atoms with Crippen LogP contribution in [-0.4, -0.2) is 54.7 Å². The predicted octanol–water partition coefficient (Wildman–Crippen LogP) is 1.84. The minimum absolute atomic E-state index is 0.281. The first kappa shape index (κ1) is 20.8. The second-order valence-corrected chi connectivity index (χ2v) is 10.5. The maximum Gasteiger partial charge on any atom is 0.230 e. The second kappa shape index (κ2) is 7.39. The highest BCUT2D eigenvalue weighted by Crippen LogP contribution is 2.19. The molecule has 0 radical (unpaired) electrons. The summed E-state index contributed by atoms with van der Waals surface area (Å²) in [5.74, 6) is 0. The molecular weight excluding hydrogens is 312 g/mol. The van der Waals surface area contributed by atoms with Crippen molar-refractivity contribution in [2.24, 2.45) is 0 Å². The summed E-state index contributed by atoms with van der Waals surface area (Å²) < 4.78 is 52.5. The van der Waals surface area contributed by atoms with E-state index in [4.69, 9.17) is 0 Å². The van der Waals surface area contributed by atoms with Gasteiger partial charge in [0.15, 0.2) is 5.08 Å². The SMILES string of the molecule is CC(C)N(C(C)C)S(=O)(=O)CS(=O)(=O)N(C(C)C)C(C)C. The average molecular weight is 343 g/mol. The Labute approximate surface area is 130 Å². The smallest absolute Gasteiger partial charge is 0.211 e. The van der Waals surface area contributed by atoms with Crippen molar-refractivity contribution >= 4 is 20.0 Å². The first-order valence-electron chi connectivity index (χ1n) is 7.26. The Balaban J connectivity index is 5.61. The molecule has 8 heteroatoms. The predicted molar refractivity (Wildman–Crippen MR) is 86.9 cm³/mol. The summed E-state index contributed by atoms with van der Waals surface area (Å²) in [7, 11) is -7.77. The van der Waals surface area contributed by atoms with E-state index in [1.165, 1.54) is 8.61 Å². The van der Waals surface area contributed by atoms with Crippen LogP contribution in [0.2, 0.25) is 0 Å². The van der Waals surface area contributed by atoms with Crippen molar-refractivity contribution in [3.05, 3.63) is 0 Å². The Hall–Kier alpha value is -0.180. The van der Waals surface area contributed by atoms with Gasteiger partial charge in [-0.25, -0.2) is 16.8 Å². The molecule has 0 aliphatic carbocycles. The van der Waals surface area contributed by atoms with Crippen molar-refractivity contribution in [1.29, 1.82) is 0 Å². The van der Waals surface area contributed by atoms with Crippen molar-refractivity contribution in [3.8, 4) is 0 Å². The zero-order valence-electron chi connectivity index (χ0n) is 14.4. The highest BCUT2D eigenvalue weighted by molar-refractivity contribution is 8.05. The lowest BCUT2D eigenvalue weighted by molar-refractivity contribution is 0.297. The van der Waals surface area contributed by atoms with E-state index in [0.717, 1.165) is 0 Å². The van der Waals surface area contributed by atoms with E-state index < -0.39 is 25.1 Å². The van der Waals surface area contributed by atoms with Gasteiger partial charge in [0.05, 0.1) is 0 Å². The van der Waals surface area contributed by atoms with Crippen LogP contribution in [0.3, 0.4) is 0 Å². The summed E-state index contributed by atoms with van der Waals surface area (Å²) in [6.45, 7) is 13.9. The van der Waals surface area contributed by atoms with Crippen LogP contribution in [0.25, 0.3) is 0 Å². The van der Waals surface area contributed by atoms with Gasteiger partial charge in [-0.05, 0) is 55.4 Å². The van der Waals surface area contributed by atoms with E-state index in [9.17, 15) is 16.8 Å². The Kier molecular flexibility index (Phi) is 7.33. The van der Waals surface area contributed by atoms with Gasteiger partial charge in [0.1, 0.15) is 0 Å². The minimum atomic E-state index is -3.89. The van der Waals surface area contributed by atoms with E-state index in [2.05, 4.69) is 0 Å². The van der Waals surface area contributed by atoms with Crippen molar-refractivity contribution in [2.45, 2.75) is 79.6 Å². The van der Waals surface area contributed by atoms with Crippen LogP contribution < -0.4 is 0 Å². The molecule has 0 aromatic carbocycles. The standard InChI is InChI=1S/C13H30N2O4S2/c1-10(2)14(11(3)4)20(16,17)9-21(18,19)15(12(5)6)13(7)8/h10-13H,9H2,1-8H3. The summed E-state index contributed by atoms with van der Waals surface area (Å²) in [6, 6.07) is -1.12.